The normalized spacial score (nSPS) is 15.5. The Morgan fingerprint density at radius 1 is 1.25 bits per heavy atom. The van der Waals surface area contributed by atoms with E-state index in [4.69, 9.17) is 4.74 Å². The molecular weight excluding hydrogens is 390 g/mol. The third-order valence-electron chi connectivity index (χ3n) is 3.56. The van der Waals surface area contributed by atoms with Gasteiger partial charge in [0.1, 0.15) is 0 Å². The maximum Gasteiger partial charge on any atom is 0.247 e. The number of hydrogen-bond acceptors (Lipinski definition) is 7. The molecule has 120 valence electrons. The van der Waals surface area contributed by atoms with Crippen molar-refractivity contribution in [2.75, 3.05) is 11.6 Å². The lowest BCUT2D eigenvalue weighted by Gasteiger charge is -2.18. The molecule has 1 N–H and O–H groups in total. The Balaban J connectivity index is 1.89. The van der Waals surface area contributed by atoms with Crippen LogP contribution >= 0.6 is 27.7 Å². The van der Waals surface area contributed by atoms with Gasteiger partial charge < -0.3 is 10.1 Å². The van der Waals surface area contributed by atoms with Gasteiger partial charge in [0.05, 0.1) is 0 Å². The van der Waals surface area contributed by atoms with Gasteiger partial charge in [0.2, 0.25) is 11.0 Å². The second kappa shape index (κ2) is 6.37. The number of aromatic nitrogens is 4. The summed E-state index contributed by atoms with van der Waals surface area (Å²) in [6, 6.07) is 9.75. The summed E-state index contributed by atoms with van der Waals surface area (Å²) in [5, 5.41) is 12.4. The molecule has 24 heavy (non-hydrogen) atoms. The first-order valence-corrected chi connectivity index (χ1v) is 9.18. The van der Waals surface area contributed by atoms with E-state index < -0.39 is 6.23 Å². The summed E-state index contributed by atoms with van der Waals surface area (Å²) in [7, 11) is 0. The fourth-order valence-electron chi connectivity index (χ4n) is 2.44. The highest BCUT2D eigenvalue weighted by atomic mass is 79.9. The van der Waals surface area contributed by atoms with E-state index in [-0.39, 0.29) is 0 Å². The first-order chi connectivity index (χ1) is 11.7. The van der Waals surface area contributed by atoms with Crippen molar-refractivity contribution in [3.63, 3.8) is 0 Å². The quantitative estimate of drug-likeness (QED) is 0.652. The number of thioether (sulfide) groups is 1. The minimum Gasteiger partial charge on any atom is -0.448 e. The fourth-order valence-corrected chi connectivity index (χ4v) is 3.10. The second-order valence-corrected chi connectivity index (χ2v) is 6.76. The molecule has 6 nitrogen and oxygen atoms in total. The van der Waals surface area contributed by atoms with E-state index in [1.165, 1.54) is 11.8 Å². The Morgan fingerprint density at radius 3 is 2.96 bits per heavy atom. The van der Waals surface area contributed by atoms with Gasteiger partial charge in [0.15, 0.2) is 11.9 Å². The van der Waals surface area contributed by atoms with Gasteiger partial charge in [0.25, 0.3) is 0 Å². The second-order valence-electron chi connectivity index (χ2n) is 5.07. The molecule has 2 aromatic heterocycles. The Bertz CT molecular complexity index is 893. The van der Waals surface area contributed by atoms with Crippen LogP contribution in [-0.2, 0) is 0 Å². The molecule has 1 atom stereocenters. The van der Waals surface area contributed by atoms with Crippen LogP contribution in [0.4, 0.5) is 5.69 Å². The van der Waals surface area contributed by atoms with Crippen molar-refractivity contribution in [1.82, 2.24) is 20.2 Å². The van der Waals surface area contributed by atoms with Gasteiger partial charge in [-0.05, 0) is 30.5 Å². The van der Waals surface area contributed by atoms with Crippen molar-refractivity contribution in [3.8, 4) is 17.1 Å². The van der Waals surface area contributed by atoms with Gasteiger partial charge in [-0.25, -0.2) is 0 Å². The summed E-state index contributed by atoms with van der Waals surface area (Å²) in [5.41, 5.74) is 3.31. The number of anilines is 1. The number of ether oxygens (including phenoxy) is 1. The number of rotatable bonds is 2. The molecule has 0 fully saturated rings. The number of pyridine rings is 1. The fraction of sp³-hybridized carbons (Fsp3) is 0.125. The molecule has 0 aliphatic carbocycles. The molecule has 0 unspecified atom stereocenters. The number of benzene rings is 1. The maximum atomic E-state index is 6.11. The van der Waals surface area contributed by atoms with Crippen molar-refractivity contribution in [2.24, 2.45) is 0 Å². The number of fused-ring (bicyclic) bond motifs is 3. The first-order valence-electron chi connectivity index (χ1n) is 7.16. The zero-order chi connectivity index (χ0) is 16.5. The first kappa shape index (κ1) is 15.3. The summed E-state index contributed by atoms with van der Waals surface area (Å²) in [6.45, 7) is 0. The molecule has 0 saturated carbocycles. The Hall–Kier alpha value is -2.19. The van der Waals surface area contributed by atoms with E-state index in [2.05, 4.69) is 41.4 Å². The molecule has 0 saturated heterocycles. The monoisotopic (exact) mass is 401 g/mol. The van der Waals surface area contributed by atoms with Crippen LogP contribution in [0.5, 0.6) is 5.88 Å². The summed E-state index contributed by atoms with van der Waals surface area (Å²) in [5.74, 6) is 0.451. The molecule has 4 rings (SSSR count). The van der Waals surface area contributed by atoms with Crippen LogP contribution < -0.4 is 10.1 Å². The smallest absolute Gasteiger partial charge is 0.247 e. The third-order valence-corrected chi connectivity index (χ3v) is 4.59. The lowest BCUT2D eigenvalue weighted by atomic mass is 10.1. The molecule has 1 aliphatic rings. The van der Waals surface area contributed by atoms with Crippen molar-refractivity contribution in [2.45, 2.75) is 11.4 Å². The highest BCUT2D eigenvalue weighted by Crippen LogP contribution is 2.40. The molecule has 0 radical (unpaired) electrons. The standard InChI is InChI=1S/C16H12BrN5OS/c1-24-16-20-15-13(21-22-16)11-7-10(17)4-5-12(11)19-14(23-15)9-3-2-6-18-8-9/h2-8,14,19H,1H3/t14-/m1/s1. The van der Waals surface area contributed by atoms with Crippen LogP contribution in [0.2, 0.25) is 0 Å². The molecule has 1 aromatic carbocycles. The van der Waals surface area contributed by atoms with Crippen molar-refractivity contribution >= 4 is 33.4 Å². The number of nitrogens with one attached hydrogen (secondary N) is 1. The van der Waals surface area contributed by atoms with Crippen LogP contribution in [0.25, 0.3) is 11.3 Å². The van der Waals surface area contributed by atoms with Crippen LogP contribution in [-0.4, -0.2) is 26.4 Å². The summed E-state index contributed by atoms with van der Waals surface area (Å²) in [4.78, 5) is 8.66. The zero-order valence-corrected chi connectivity index (χ0v) is 15.0. The van der Waals surface area contributed by atoms with Crippen molar-refractivity contribution in [3.05, 3.63) is 52.8 Å². The van der Waals surface area contributed by atoms with Gasteiger partial charge in [-0.2, -0.15) is 4.98 Å². The summed E-state index contributed by atoms with van der Waals surface area (Å²) in [6.07, 6.45) is 4.99. The number of halogens is 1. The van der Waals surface area contributed by atoms with Gasteiger partial charge in [0, 0.05) is 33.7 Å². The van der Waals surface area contributed by atoms with E-state index in [9.17, 15) is 0 Å². The minimum absolute atomic E-state index is 0.411. The van der Waals surface area contributed by atoms with Crippen LogP contribution in [0, 0.1) is 0 Å². The van der Waals surface area contributed by atoms with Gasteiger partial charge >= 0.3 is 0 Å². The molecular formula is C16H12BrN5OS. The molecule has 1 aliphatic heterocycles. The average Bonchev–Trinajstić information content (AvgIpc) is 2.78. The predicted molar refractivity (Wildman–Crippen MR) is 96.0 cm³/mol. The lowest BCUT2D eigenvalue weighted by molar-refractivity contribution is 0.225. The van der Waals surface area contributed by atoms with E-state index in [0.717, 1.165) is 21.3 Å². The van der Waals surface area contributed by atoms with Crippen molar-refractivity contribution in [1.29, 1.82) is 0 Å². The Labute approximate surface area is 151 Å². The maximum absolute atomic E-state index is 6.11. The van der Waals surface area contributed by atoms with E-state index in [1.807, 2.05) is 36.6 Å². The average molecular weight is 402 g/mol. The van der Waals surface area contributed by atoms with E-state index >= 15 is 0 Å². The van der Waals surface area contributed by atoms with E-state index in [1.54, 1.807) is 12.4 Å². The molecule has 3 heterocycles. The predicted octanol–water partition coefficient (Wildman–Crippen LogP) is 3.92. The zero-order valence-electron chi connectivity index (χ0n) is 12.6. The number of hydrogen-bond donors (Lipinski definition) is 1. The summed E-state index contributed by atoms with van der Waals surface area (Å²) < 4.78 is 7.06. The molecule has 0 bridgehead atoms. The van der Waals surface area contributed by atoms with Crippen LogP contribution in [0.3, 0.4) is 0 Å². The minimum atomic E-state index is -0.411. The summed E-state index contributed by atoms with van der Waals surface area (Å²) >= 11 is 4.93. The molecule has 8 heteroatoms. The molecule has 0 spiro atoms. The molecule has 3 aromatic rings. The highest BCUT2D eigenvalue weighted by molar-refractivity contribution is 9.10. The number of nitrogens with zero attached hydrogens (tertiary/aromatic N) is 4. The van der Waals surface area contributed by atoms with E-state index in [0.29, 0.717) is 16.7 Å². The lowest BCUT2D eigenvalue weighted by Crippen LogP contribution is -2.17. The largest absolute Gasteiger partial charge is 0.448 e. The third kappa shape index (κ3) is 2.83. The SMILES string of the molecule is CSc1nnc2c(n1)O[C@H](c1cccnc1)Nc1ccc(Br)cc1-2. The van der Waals surface area contributed by atoms with Crippen LogP contribution in [0.1, 0.15) is 11.8 Å². The van der Waals surface area contributed by atoms with Gasteiger partial charge in [-0.3, -0.25) is 4.98 Å². The van der Waals surface area contributed by atoms with Gasteiger partial charge in [-0.15, -0.1) is 10.2 Å². The molecule has 0 amide bonds. The topological polar surface area (TPSA) is 72.8 Å². The highest BCUT2D eigenvalue weighted by Gasteiger charge is 2.26. The van der Waals surface area contributed by atoms with Gasteiger partial charge in [-0.1, -0.05) is 33.8 Å². The van der Waals surface area contributed by atoms with Crippen molar-refractivity contribution < 1.29 is 4.74 Å². The van der Waals surface area contributed by atoms with Crippen LogP contribution in [0.15, 0.2) is 52.4 Å². The Kier molecular flexibility index (Phi) is 4.07. The Morgan fingerprint density at radius 2 is 2.17 bits per heavy atom.